The van der Waals surface area contributed by atoms with Crippen LogP contribution in [-0.2, 0) is 6.54 Å². The van der Waals surface area contributed by atoms with Crippen LogP contribution in [0.1, 0.15) is 5.56 Å². The number of aromatic nitrogens is 2. The summed E-state index contributed by atoms with van der Waals surface area (Å²) in [6.45, 7) is 0.549. The summed E-state index contributed by atoms with van der Waals surface area (Å²) in [5.41, 5.74) is 5.55. The van der Waals surface area contributed by atoms with E-state index in [9.17, 15) is 4.39 Å². The molecule has 2 aromatic heterocycles. The maximum Gasteiger partial charge on any atom is 0.227 e. The smallest absolute Gasteiger partial charge is 0.227 e. The standard InChI is InChI=1S/C25H17ClFN2O/c26-22-15-21(27)8-6-20(22)16-29-12-10-18(11-13-29)25-28-23-14-19(7-9-24(23)30-25)17-4-2-1-3-5-17/h1-15H,16H2/q+1. The molecule has 0 saturated heterocycles. The number of rotatable bonds is 4. The Hall–Kier alpha value is -3.50. The maximum atomic E-state index is 13.2. The Labute approximate surface area is 178 Å². The van der Waals surface area contributed by atoms with Gasteiger partial charge in [0.2, 0.25) is 5.89 Å². The van der Waals surface area contributed by atoms with Gasteiger partial charge < -0.3 is 4.42 Å². The SMILES string of the molecule is Fc1ccc(C[n+]2ccc(-c3nc4cc(-c5ccccc5)ccc4o3)cc2)c(Cl)c1. The molecule has 5 heteroatoms. The van der Waals surface area contributed by atoms with Crippen molar-refractivity contribution in [1.29, 1.82) is 0 Å². The molecule has 0 N–H and O–H groups in total. The lowest BCUT2D eigenvalue weighted by atomic mass is 10.1. The lowest BCUT2D eigenvalue weighted by Crippen LogP contribution is -2.33. The zero-order chi connectivity index (χ0) is 20.5. The molecule has 0 saturated carbocycles. The van der Waals surface area contributed by atoms with Crippen LogP contribution in [0.4, 0.5) is 4.39 Å². The molecule has 0 aliphatic rings. The first-order valence-electron chi connectivity index (χ1n) is 9.55. The van der Waals surface area contributed by atoms with E-state index in [1.54, 1.807) is 6.07 Å². The second-order valence-corrected chi connectivity index (χ2v) is 7.47. The molecule has 146 valence electrons. The monoisotopic (exact) mass is 415 g/mol. The molecule has 0 aliphatic heterocycles. The van der Waals surface area contributed by atoms with Crippen LogP contribution in [0, 0.1) is 5.82 Å². The van der Waals surface area contributed by atoms with Crippen molar-refractivity contribution in [2.75, 3.05) is 0 Å². The highest BCUT2D eigenvalue weighted by Gasteiger charge is 2.12. The van der Waals surface area contributed by atoms with Crippen molar-refractivity contribution in [2.24, 2.45) is 0 Å². The van der Waals surface area contributed by atoms with Gasteiger partial charge >= 0.3 is 0 Å². The van der Waals surface area contributed by atoms with Crippen LogP contribution in [0.2, 0.25) is 5.02 Å². The second kappa shape index (κ2) is 7.73. The van der Waals surface area contributed by atoms with E-state index in [2.05, 4.69) is 17.1 Å². The number of hydrogen-bond donors (Lipinski definition) is 0. The fraction of sp³-hybridized carbons (Fsp3) is 0.0400. The Morgan fingerprint density at radius 2 is 1.63 bits per heavy atom. The molecule has 3 aromatic carbocycles. The lowest BCUT2D eigenvalue weighted by Gasteiger charge is -2.01. The average molecular weight is 416 g/mol. The Morgan fingerprint density at radius 3 is 2.40 bits per heavy atom. The third kappa shape index (κ3) is 3.70. The normalized spacial score (nSPS) is 11.1. The number of nitrogens with zero attached hydrogens (tertiary/aromatic N) is 2. The molecule has 0 spiro atoms. The van der Waals surface area contributed by atoms with E-state index in [1.807, 2.05) is 65.5 Å². The fourth-order valence-corrected chi connectivity index (χ4v) is 3.64. The lowest BCUT2D eigenvalue weighted by molar-refractivity contribution is -0.688. The van der Waals surface area contributed by atoms with Crippen molar-refractivity contribution in [3.05, 3.63) is 108 Å². The number of benzene rings is 3. The van der Waals surface area contributed by atoms with Gasteiger partial charge in [-0.2, -0.15) is 0 Å². The summed E-state index contributed by atoms with van der Waals surface area (Å²) in [4.78, 5) is 4.67. The van der Waals surface area contributed by atoms with Crippen LogP contribution in [0.15, 0.2) is 95.7 Å². The van der Waals surface area contributed by atoms with Gasteiger partial charge in [-0.15, -0.1) is 0 Å². The van der Waals surface area contributed by atoms with Gasteiger partial charge in [0.1, 0.15) is 11.3 Å². The fourth-order valence-electron chi connectivity index (χ4n) is 3.41. The first-order valence-corrected chi connectivity index (χ1v) is 9.93. The molecular weight excluding hydrogens is 399 g/mol. The Kier molecular flexibility index (Phi) is 4.77. The zero-order valence-electron chi connectivity index (χ0n) is 15.9. The van der Waals surface area contributed by atoms with Crippen LogP contribution in [0.5, 0.6) is 0 Å². The number of oxazole rings is 1. The van der Waals surface area contributed by atoms with Gasteiger partial charge in [-0.25, -0.2) is 13.9 Å². The summed E-state index contributed by atoms with van der Waals surface area (Å²) < 4.78 is 21.2. The van der Waals surface area contributed by atoms with Crippen molar-refractivity contribution >= 4 is 22.7 Å². The molecule has 3 nitrogen and oxygen atoms in total. The molecule has 0 radical (unpaired) electrons. The van der Waals surface area contributed by atoms with E-state index < -0.39 is 0 Å². The van der Waals surface area contributed by atoms with E-state index in [1.165, 1.54) is 12.1 Å². The molecule has 0 fully saturated rings. The minimum absolute atomic E-state index is 0.338. The minimum atomic E-state index is -0.338. The van der Waals surface area contributed by atoms with Crippen LogP contribution < -0.4 is 4.57 Å². The first kappa shape index (κ1) is 18.5. The van der Waals surface area contributed by atoms with Gasteiger partial charge in [-0.3, -0.25) is 0 Å². The van der Waals surface area contributed by atoms with Crippen molar-refractivity contribution < 1.29 is 13.4 Å². The number of pyridine rings is 1. The van der Waals surface area contributed by atoms with E-state index >= 15 is 0 Å². The van der Waals surface area contributed by atoms with Gasteiger partial charge in [-0.05, 0) is 41.5 Å². The van der Waals surface area contributed by atoms with E-state index in [0.717, 1.165) is 33.4 Å². The molecule has 5 aromatic rings. The summed E-state index contributed by atoms with van der Waals surface area (Å²) in [7, 11) is 0. The van der Waals surface area contributed by atoms with Crippen molar-refractivity contribution in [2.45, 2.75) is 6.54 Å². The molecule has 5 rings (SSSR count). The Morgan fingerprint density at radius 1 is 0.833 bits per heavy atom. The van der Waals surface area contributed by atoms with Crippen LogP contribution in [0.25, 0.3) is 33.7 Å². The van der Waals surface area contributed by atoms with E-state index in [0.29, 0.717) is 17.5 Å². The number of hydrogen-bond acceptors (Lipinski definition) is 2. The van der Waals surface area contributed by atoms with Crippen molar-refractivity contribution in [3.8, 4) is 22.6 Å². The predicted octanol–water partition coefficient (Wildman–Crippen LogP) is 6.29. The second-order valence-electron chi connectivity index (χ2n) is 7.06. The third-order valence-corrected chi connectivity index (χ3v) is 5.35. The molecule has 0 atom stereocenters. The van der Waals surface area contributed by atoms with Crippen molar-refractivity contribution in [1.82, 2.24) is 4.98 Å². The zero-order valence-corrected chi connectivity index (χ0v) is 16.7. The topological polar surface area (TPSA) is 29.9 Å². The summed E-state index contributed by atoms with van der Waals surface area (Å²) in [6, 6.07) is 24.6. The molecule has 30 heavy (non-hydrogen) atoms. The molecule has 0 amide bonds. The van der Waals surface area contributed by atoms with E-state index in [-0.39, 0.29) is 5.82 Å². The molecule has 2 heterocycles. The minimum Gasteiger partial charge on any atom is -0.436 e. The first-order chi connectivity index (χ1) is 14.7. The Balaban J connectivity index is 1.41. The molecule has 0 bridgehead atoms. The van der Waals surface area contributed by atoms with Gasteiger partial charge in [0.05, 0.1) is 5.02 Å². The quantitative estimate of drug-likeness (QED) is 0.323. The van der Waals surface area contributed by atoms with Gasteiger partial charge in [-0.1, -0.05) is 48.0 Å². The highest BCUT2D eigenvalue weighted by Crippen LogP contribution is 2.28. The summed E-state index contributed by atoms with van der Waals surface area (Å²) >= 11 is 6.13. The van der Waals surface area contributed by atoms with E-state index in [4.69, 9.17) is 16.0 Å². The summed E-state index contributed by atoms with van der Waals surface area (Å²) in [6.07, 6.45) is 3.86. The predicted molar refractivity (Wildman–Crippen MR) is 116 cm³/mol. The van der Waals surface area contributed by atoms with Gasteiger partial charge in [0, 0.05) is 23.3 Å². The number of fused-ring (bicyclic) bond motifs is 1. The molecular formula is C25H17ClFN2O+. The van der Waals surface area contributed by atoms with Gasteiger partial charge in [0.15, 0.2) is 24.5 Å². The third-order valence-electron chi connectivity index (χ3n) is 5.00. The highest BCUT2D eigenvalue weighted by molar-refractivity contribution is 6.31. The summed E-state index contributed by atoms with van der Waals surface area (Å²) in [5, 5.41) is 0.416. The van der Waals surface area contributed by atoms with Crippen molar-refractivity contribution in [3.63, 3.8) is 0 Å². The van der Waals surface area contributed by atoms with Crippen LogP contribution >= 0.6 is 11.6 Å². The van der Waals surface area contributed by atoms with Gasteiger partial charge in [0.25, 0.3) is 0 Å². The average Bonchev–Trinajstić information content (AvgIpc) is 3.20. The maximum absolute atomic E-state index is 13.2. The molecule has 0 unspecified atom stereocenters. The largest absolute Gasteiger partial charge is 0.436 e. The molecule has 0 aliphatic carbocycles. The highest BCUT2D eigenvalue weighted by atomic mass is 35.5. The number of halogens is 2. The van der Waals surface area contributed by atoms with Crippen LogP contribution in [0.3, 0.4) is 0 Å². The summed E-state index contributed by atoms with van der Waals surface area (Å²) in [5.74, 6) is 0.234. The Bertz CT molecular complexity index is 1330. The van der Waals surface area contributed by atoms with Crippen LogP contribution in [-0.4, -0.2) is 4.98 Å².